The van der Waals surface area contributed by atoms with Crippen LogP contribution in [-0.2, 0) is 14.2 Å². The molecule has 1 unspecified atom stereocenters. The van der Waals surface area contributed by atoms with Crippen LogP contribution in [0.3, 0.4) is 0 Å². The molecule has 10 N–H and O–H groups in total. The highest BCUT2D eigenvalue weighted by Gasteiger charge is 2.76. The number of ketones is 4. The SMILES string of the molecule is CC(=O)c1cccc(C(=O)[C@@]2(OC3(CO)O[C@H](CO)[C@@H](O)[C@@H]3O)O[C@H](CO)[C@@H](O)[C@H](O)[C@]2(O)C(=O)c2cccc(C(C)=O)c2O)c1O. The molecule has 4 rings (SSSR count). The minimum absolute atomic E-state index is 0.473. The Morgan fingerprint density at radius 3 is 1.55 bits per heavy atom. The van der Waals surface area contributed by atoms with E-state index in [0.717, 1.165) is 50.2 Å². The number of aromatic hydroxyl groups is 2. The second-order valence-corrected chi connectivity index (χ2v) is 11.2. The standard InChI is InChI=1S/C30H34O17/c1-12(34)14-5-3-7-16(20(14)36)24(40)29(44)27(43)23(39)19(10-32)46-30(29,25(41)17-8-4-6-15(13(2)35)21(17)37)47-28(11-33)26(42)22(38)18(9-31)45-28/h3-8,18-19,22-23,26-27,31-33,36-39,42-44H,9-11H2,1-2H3/t18-,19-,22-,23-,26+,27+,28?,29-,30+/m1/s1. The molecule has 2 aromatic carbocycles. The number of phenols is 2. The van der Waals surface area contributed by atoms with E-state index in [1.54, 1.807) is 0 Å². The Bertz CT molecular complexity index is 1580. The van der Waals surface area contributed by atoms with Gasteiger partial charge in [0.05, 0.1) is 35.5 Å². The van der Waals surface area contributed by atoms with Crippen LogP contribution in [0.2, 0.25) is 0 Å². The van der Waals surface area contributed by atoms with Gasteiger partial charge in [-0.25, -0.2) is 0 Å². The van der Waals surface area contributed by atoms with Gasteiger partial charge < -0.3 is 65.3 Å². The number of Topliss-reactive ketones (excluding diaryl/α,β-unsaturated/α-hetero) is 4. The van der Waals surface area contributed by atoms with E-state index in [2.05, 4.69) is 0 Å². The Morgan fingerprint density at radius 1 is 0.702 bits per heavy atom. The molecular weight excluding hydrogens is 632 g/mol. The Labute approximate surface area is 265 Å². The second kappa shape index (κ2) is 13.1. The average molecular weight is 667 g/mol. The lowest BCUT2D eigenvalue weighted by molar-refractivity contribution is -0.425. The number of ether oxygens (including phenoxy) is 3. The van der Waals surface area contributed by atoms with Crippen molar-refractivity contribution < 1.29 is 84.5 Å². The summed E-state index contributed by atoms with van der Waals surface area (Å²) >= 11 is 0. The normalized spacial score (nSPS) is 33.8. The first-order valence-corrected chi connectivity index (χ1v) is 14.1. The first-order valence-electron chi connectivity index (χ1n) is 14.1. The van der Waals surface area contributed by atoms with Crippen molar-refractivity contribution in [2.24, 2.45) is 0 Å². The largest absolute Gasteiger partial charge is 0.506 e. The number of carbonyl (C=O) groups excluding carboxylic acids is 4. The maximum absolute atomic E-state index is 14.7. The summed E-state index contributed by atoms with van der Waals surface area (Å²) in [5, 5.41) is 108. The van der Waals surface area contributed by atoms with Gasteiger partial charge in [0.25, 0.3) is 5.79 Å². The van der Waals surface area contributed by atoms with Crippen molar-refractivity contribution >= 4 is 23.1 Å². The van der Waals surface area contributed by atoms with Crippen molar-refractivity contribution in [3.8, 4) is 11.5 Å². The first kappa shape index (κ1) is 36.1. The van der Waals surface area contributed by atoms with E-state index in [9.17, 15) is 70.2 Å². The third kappa shape index (κ3) is 5.44. The number of rotatable bonds is 11. The fourth-order valence-corrected chi connectivity index (χ4v) is 5.72. The van der Waals surface area contributed by atoms with Gasteiger partial charge in [-0.15, -0.1) is 0 Å². The molecule has 0 saturated carbocycles. The number of hydrogen-bond acceptors (Lipinski definition) is 17. The zero-order valence-corrected chi connectivity index (χ0v) is 24.9. The number of para-hydroxylation sites is 2. The summed E-state index contributed by atoms with van der Waals surface area (Å²) in [6.07, 6.45) is -13.7. The van der Waals surface area contributed by atoms with Gasteiger partial charge in [-0.3, -0.25) is 19.2 Å². The van der Waals surface area contributed by atoms with Crippen LogP contribution in [0.4, 0.5) is 0 Å². The van der Waals surface area contributed by atoms with Gasteiger partial charge in [-0.2, -0.15) is 0 Å². The summed E-state index contributed by atoms with van der Waals surface area (Å²) in [7, 11) is 0. The van der Waals surface area contributed by atoms with Gasteiger partial charge in [0.1, 0.15) is 54.7 Å². The third-order valence-corrected chi connectivity index (χ3v) is 8.32. The average Bonchev–Trinajstić information content (AvgIpc) is 3.29. The fraction of sp³-hybridized carbons (Fsp3) is 0.467. The summed E-state index contributed by atoms with van der Waals surface area (Å²) in [5.41, 5.74) is -6.88. The van der Waals surface area contributed by atoms with Crippen molar-refractivity contribution in [3.05, 3.63) is 58.7 Å². The fourth-order valence-electron chi connectivity index (χ4n) is 5.72. The zero-order chi connectivity index (χ0) is 35.2. The number of aliphatic hydroxyl groups excluding tert-OH is 7. The lowest BCUT2D eigenvalue weighted by atomic mass is 9.71. The lowest BCUT2D eigenvalue weighted by Crippen LogP contribution is -2.81. The molecule has 0 bridgehead atoms. The number of carbonyl (C=O) groups is 4. The molecular formula is C30H34O17. The smallest absolute Gasteiger partial charge is 0.277 e. The monoisotopic (exact) mass is 666 g/mol. The number of hydrogen-bond donors (Lipinski definition) is 10. The van der Waals surface area contributed by atoms with E-state index in [1.165, 1.54) is 0 Å². The molecule has 256 valence electrons. The van der Waals surface area contributed by atoms with E-state index >= 15 is 0 Å². The summed E-state index contributed by atoms with van der Waals surface area (Å²) in [5.74, 6) is -14.5. The highest BCUT2D eigenvalue weighted by molar-refractivity contribution is 6.15. The molecule has 0 amide bonds. The van der Waals surface area contributed by atoms with Gasteiger partial charge in [-0.1, -0.05) is 12.1 Å². The molecule has 2 saturated heterocycles. The Kier molecular flexibility index (Phi) is 10.0. The van der Waals surface area contributed by atoms with Gasteiger partial charge in [-0.05, 0) is 38.1 Å². The van der Waals surface area contributed by atoms with E-state index < -0.39 is 131 Å². The molecule has 17 nitrogen and oxygen atoms in total. The van der Waals surface area contributed by atoms with Crippen molar-refractivity contribution in [2.45, 2.75) is 67.6 Å². The van der Waals surface area contributed by atoms with Gasteiger partial charge in [0.15, 0.2) is 11.6 Å². The molecule has 2 aliphatic rings. The number of benzene rings is 2. The van der Waals surface area contributed by atoms with Crippen LogP contribution in [0.5, 0.6) is 11.5 Å². The van der Waals surface area contributed by atoms with Crippen molar-refractivity contribution in [2.75, 3.05) is 19.8 Å². The van der Waals surface area contributed by atoms with Crippen molar-refractivity contribution in [1.82, 2.24) is 0 Å². The molecule has 0 spiro atoms. The Morgan fingerprint density at radius 2 is 1.13 bits per heavy atom. The highest BCUT2D eigenvalue weighted by atomic mass is 16.8. The quantitative estimate of drug-likeness (QED) is 0.106. The first-order chi connectivity index (χ1) is 22.0. The van der Waals surface area contributed by atoms with Crippen LogP contribution in [0.1, 0.15) is 55.3 Å². The van der Waals surface area contributed by atoms with Crippen LogP contribution in [0.25, 0.3) is 0 Å². The van der Waals surface area contributed by atoms with Crippen molar-refractivity contribution in [3.63, 3.8) is 0 Å². The second-order valence-electron chi connectivity index (χ2n) is 11.2. The maximum atomic E-state index is 14.7. The summed E-state index contributed by atoms with van der Waals surface area (Å²) in [6, 6.07) is 6.02. The maximum Gasteiger partial charge on any atom is 0.277 e. The predicted molar refractivity (Wildman–Crippen MR) is 151 cm³/mol. The van der Waals surface area contributed by atoms with E-state index in [-0.39, 0.29) is 0 Å². The van der Waals surface area contributed by atoms with E-state index in [0.29, 0.717) is 0 Å². The van der Waals surface area contributed by atoms with Crippen LogP contribution in [0, 0.1) is 0 Å². The highest BCUT2D eigenvalue weighted by Crippen LogP contribution is 2.49. The van der Waals surface area contributed by atoms with Crippen LogP contribution in [-0.4, -0.2) is 148 Å². The Balaban J connectivity index is 2.12. The minimum atomic E-state index is -4.02. The molecule has 0 aliphatic carbocycles. The summed E-state index contributed by atoms with van der Waals surface area (Å²) in [6.45, 7) is -1.79. The molecule has 9 atom stereocenters. The van der Waals surface area contributed by atoms with Gasteiger partial charge in [0.2, 0.25) is 23.0 Å². The topological polar surface area (TPSA) is 298 Å². The summed E-state index contributed by atoms with van der Waals surface area (Å²) in [4.78, 5) is 53.4. The molecule has 2 fully saturated rings. The molecule has 2 aromatic rings. The summed E-state index contributed by atoms with van der Waals surface area (Å²) < 4.78 is 16.7. The van der Waals surface area contributed by atoms with Gasteiger partial charge in [0, 0.05) is 0 Å². The van der Waals surface area contributed by atoms with Crippen LogP contribution < -0.4 is 0 Å². The molecule has 47 heavy (non-hydrogen) atoms. The van der Waals surface area contributed by atoms with Crippen LogP contribution in [0.15, 0.2) is 36.4 Å². The number of phenolic OH excluding ortho intramolecular Hbond substituents is 2. The number of aliphatic hydroxyl groups is 8. The Hall–Kier alpha value is -3.72. The molecule has 2 aliphatic heterocycles. The molecule has 0 radical (unpaired) electrons. The molecule has 0 aromatic heterocycles. The molecule has 2 heterocycles. The van der Waals surface area contributed by atoms with Crippen LogP contribution >= 0.6 is 0 Å². The zero-order valence-electron chi connectivity index (χ0n) is 24.9. The van der Waals surface area contributed by atoms with Crippen molar-refractivity contribution in [1.29, 1.82) is 0 Å². The third-order valence-electron chi connectivity index (χ3n) is 8.32. The predicted octanol–water partition coefficient (Wildman–Crippen LogP) is -3.07. The molecule has 17 heteroatoms. The van der Waals surface area contributed by atoms with Gasteiger partial charge >= 0.3 is 0 Å². The minimum Gasteiger partial charge on any atom is -0.506 e. The van der Waals surface area contributed by atoms with E-state index in [4.69, 9.17) is 14.2 Å². The van der Waals surface area contributed by atoms with E-state index in [1.807, 2.05) is 0 Å². The lowest BCUT2D eigenvalue weighted by Gasteiger charge is -2.55.